The summed E-state index contributed by atoms with van der Waals surface area (Å²) in [6.07, 6.45) is 0. The van der Waals surface area contributed by atoms with Crippen LogP contribution in [0.4, 0.5) is 0 Å². The van der Waals surface area contributed by atoms with E-state index in [1.165, 1.54) is 16.7 Å². The Balaban J connectivity index is 2.45. The lowest BCUT2D eigenvalue weighted by Crippen LogP contribution is -1.89. The fourth-order valence-corrected chi connectivity index (χ4v) is 3.43. The van der Waals surface area contributed by atoms with Gasteiger partial charge in [0.05, 0.1) is 0 Å². The molecule has 19 heavy (non-hydrogen) atoms. The molecule has 0 amide bonds. The zero-order valence-electron chi connectivity index (χ0n) is 11.1. The van der Waals surface area contributed by atoms with Gasteiger partial charge in [-0.3, -0.25) is 0 Å². The highest BCUT2D eigenvalue weighted by atomic mass is 79.9. The third-order valence-electron chi connectivity index (χ3n) is 2.87. The van der Waals surface area contributed by atoms with Gasteiger partial charge in [-0.2, -0.15) is 0 Å². The van der Waals surface area contributed by atoms with Crippen LogP contribution in [0.1, 0.15) is 27.8 Å². The summed E-state index contributed by atoms with van der Waals surface area (Å²) in [5.74, 6) is 6.52. The molecule has 0 spiro atoms. The molecule has 2 rings (SSSR count). The molecule has 0 N–H and O–H groups in total. The minimum absolute atomic E-state index is 1.00. The van der Waals surface area contributed by atoms with Gasteiger partial charge < -0.3 is 0 Å². The van der Waals surface area contributed by atoms with Gasteiger partial charge in [-0.1, -0.05) is 61.4 Å². The predicted molar refractivity (Wildman–Crippen MR) is 88.5 cm³/mol. The van der Waals surface area contributed by atoms with Crippen molar-refractivity contribution < 1.29 is 0 Å². The number of aryl methyl sites for hydroxylation is 3. The van der Waals surface area contributed by atoms with Gasteiger partial charge in [0.1, 0.15) is 0 Å². The van der Waals surface area contributed by atoms with Gasteiger partial charge in [-0.05, 0) is 50.1 Å². The van der Waals surface area contributed by atoms with Crippen molar-refractivity contribution in [2.75, 3.05) is 0 Å². The largest absolute Gasteiger partial charge is 0.0616 e. The van der Waals surface area contributed by atoms with E-state index < -0.39 is 0 Å². The van der Waals surface area contributed by atoms with E-state index in [4.69, 9.17) is 0 Å². The molecule has 0 heterocycles. The first kappa shape index (κ1) is 14.4. The van der Waals surface area contributed by atoms with Crippen molar-refractivity contribution in [2.24, 2.45) is 0 Å². The average Bonchev–Trinajstić information content (AvgIpc) is 2.25. The van der Waals surface area contributed by atoms with E-state index in [-0.39, 0.29) is 0 Å². The van der Waals surface area contributed by atoms with Crippen LogP contribution in [-0.2, 0) is 0 Å². The Morgan fingerprint density at radius 1 is 0.737 bits per heavy atom. The fraction of sp³-hybridized carbons (Fsp3) is 0.176. The van der Waals surface area contributed by atoms with Crippen molar-refractivity contribution in [3.8, 4) is 11.8 Å². The molecule has 0 saturated heterocycles. The molecule has 0 aliphatic carbocycles. The van der Waals surface area contributed by atoms with Crippen LogP contribution in [0.15, 0.2) is 39.3 Å². The lowest BCUT2D eigenvalue weighted by Gasteiger charge is -2.04. The summed E-state index contributed by atoms with van der Waals surface area (Å²) in [6.45, 7) is 6.34. The molecule has 2 heteroatoms. The molecule has 0 radical (unpaired) electrons. The quantitative estimate of drug-likeness (QED) is 0.529. The van der Waals surface area contributed by atoms with Gasteiger partial charge >= 0.3 is 0 Å². The van der Waals surface area contributed by atoms with Crippen molar-refractivity contribution in [1.82, 2.24) is 0 Å². The Bertz CT molecular complexity index is 645. The Morgan fingerprint density at radius 2 is 1.26 bits per heavy atom. The maximum Gasteiger partial charge on any atom is 0.0307 e. The standard InChI is InChI=1S/C17H14Br2/c1-11-6-12(2)17(13(3)7-11)5-4-14-8-15(18)10-16(19)9-14/h6-10H,1-3H3. The van der Waals surface area contributed by atoms with Gasteiger partial charge in [0.25, 0.3) is 0 Å². The molecule has 0 unspecified atom stereocenters. The zero-order valence-corrected chi connectivity index (χ0v) is 14.3. The highest BCUT2D eigenvalue weighted by Crippen LogP contribution is 2.20. The topological polar surface area (TPSA) is 0 Å². The summed E-state index contributed by atoms with van der Waals surface area (Å²) >= 11 is 6.96. The molecule has 0 aliphatic rings. The second-order valence-corrected chi connectivity index (χ2v) is 6.51. The zero-order chi connectivity index (χ0) is 14.0. The van der Waals surface area contributed by atoms with Crippen molar-refractivity contribution in [3.05, 3.63) is 67.1 Å². The summed E-state index contributed by atoms with van der Waals surface area (Å²) in [7, 11) is 0. The molecule has 0 bridgehead atoms. The highest BCUT2D eigenvalue weighted by Gasteiger charge is 2.00. The summed E-state index contributed by atoms with van der Waals surface area (Å²) in [4.78, 5) is 0. The number of rotatable bonds is 0. The van der Waals surface area contributed by atoms with Gasteiger partial charge in [-0.25, -0.2) is 0 Å². The lowest BCUT2D eigenvalue weighted by molar-refractivity contribution is 1.30. The van der Waals surface area contributed by atoms with Gasteiger partial charge in [-0.15, -0.1) is 0 Å². The SMILES string of the molecule is Cc1cc(C)c(C#Cc2cc(Br)cc(Br)c2)c(C)c1. The van der Waals surface area contributed by atoms with E-state index in [1.54, 1.807) is 0 Å². The molecular weight excluding hydrogens is 364 g/mol. The average molecular weight is 378 g/mol. The summed E-state index contributed by atoms with van der Waals surface area (Å²) in [5, 5.41) is 0. The van der Waals surface area contributed by atoms with Gasteiger partial charge in [0.2, 0.25) is 0 Å². The van der Waals surface area contributed by atoms with Gasteiger partial charge in [0, 0.05) is 20.1 Å². The molecule has 0 nitrogen and oxygen atoms in total. The molecule has 0 aromatic heterocycles. The number of halogens is 2. The third-order valence-corrected chi connectivity index (χ3v) is 3.79. The summed E-state index contributed by atoms with van der Waals surface area (Å²) in [5.41, 5.74) is 5.88. The molecule has 0 fully saturated rings. The monoisotopic (exact) mass is 376 g/mol. The molecule has 0 saturated carbocycles. The Morgan fingerprint density at radius 3 is 1.79 bits per heavy atom. The first-order valence-corrected chi connectivity index (χ1v) is 7.60. The number of hydrogen-bond acceptors (Lipinski definition) is 0. The molecule has 0 aliphatic heterocycles. The Hall–Kier alpha value is -1.04. The Kier molecular flexibility index (Phi) is 4.50. The highest BCUT2D eigenvalue weighted by molar-refractivity contribution is 9.11. The van der Waals surface area contributed by atoms with E-state index in [0.29, 0.717) is 0 Å². The molecular formula is C17H14Br2. The molecule has 2 aromatic carbocycles. The Labute approximate surface area is 131 Å². The van der Waals surface area contributed by atoms with E-state index in [9.17, 15) is 0 Å². The fourth-order valence-electron chi connectivity index (χ4n) is 2.14. The van der Waals surface area contributed by atoms with Crippen molar-refractivity contribution in [1.29, 1.82) is 0 Å². The minimum atomic E-state index is 1.00. The van der Waals surface area contributed by atoms with Crippen LogP contribution in [0.25, 0.3) is 0 Å². The van der Waals surface area contributed by atoms with Crippen LogP contribution in [0, 0.1) is 32.6 Å². The van der Waals surface area contributed by atoms with Crippen molar-refractivity contribution >= 4 is 31.9 Å². The maximum absolute atomic E-state index is 3.48. The molecule has 96 valence electrons. The predicted octanol–water partition coefficient (Wildman–Crippen LogP) is 5.54. The van der Waals surface area contributed by atoms with Crippen LogP contribution >= 0.6 is 31.9 Å². The van der Waals surface area contributed by atoms with Crippen LogP contribution in [0.5, 0.6) is 0 Å². The van der Waals surface area contributed by atoms with E-state index in [2.05, 4.69) is 76.6 Å². The van der Waals surface area contributed by atoms with Crippen molar-refractivity contribution in [2.45, 2.75) is 20.8 Å². The van der Waals surface area contributed by atoms with Gasteiger partial charge in [0.15, 0.2) is 0 Å². The normalized spacial score (nSPS) is 9.95. The van der Waals surface area contributed by atoms with Crippen molar-refractivity contribution in [3.63, 3.8) is 0 Å². The number of hydrogen-bond donors (Lipinski definition) is 0. The van der Waals surface area contributed by atoms with Crippen LogP contribution in [0.3, 0.4) is 0 Å². The minimum Gasteiger partial charge on any atom is -0.0616 e. The van der Waals surface area contributed by atoms with Crippen LogP contribution in [-0.4, -0.2) is 0 Å². The molecule has 0 atom stereocenters. The summed E-state index contributed by atoms with van der Waals surface area (Å²) in [6, 6.07) is 10.4. The van der Waals surface area contributed by atoms with E-state index >= 15 is 0 Å². The lowest BCUT2D eigenvalue weighted by atomic mass is 10.00. The van der Waals surface area contributed by atoms with E-state index in [1.807, 2.05) is 18.2 Å². The van der Waals surface area contributed by atoms with E-state index in [0.717, 1.165) is 20.1 Å². The molecule has 2 aromatic rings. The van der Waals surface area contributed by atoms with Crippen LogP contribution in [0.2, 0.25) is 0 Å². The summed E-state index contributed by atoms with van der Waals surface area (Å²) < 4.78 is 2.06. The number of benzene rings is 2. The third kappa shape index (κ3) is 3.72. The second kappa shape index (κ2) is 5.94. The smallest absolute Gasteiger partial charge is 0.0307 e. The second-order valence-electron chi connectivity index (χ2n) is 4.68. The first-order chi connectivity index (χ1) is 8.95. The first-order valence-electron chi connectivity index (χ1n) is 6.01. The van der Waals surface area contributed by atoms with Crippen LogP contribution < -0.4 is 0 Å². The maximum atomic E-state index is 3.48.